The van der Waals surface area contributed by atoms with Gasteiger partial charge in [0.05, 0.1) is 12.7 Å². The highest BCUT2D eigenvalue weighted by Crippen LogP contribution is 2.20. The molecule has 0 bridgehead atoms. The summed E-state index contributed by atoms with van der Waals surface area (Å²) in [6.45, 7) is 0.764. The maximum atomic E-state index is 5.89. The molecule has 2 heterocycles. The Labute approximate surface area is 116 Å². The third kappa shape index (κ3) is 2.83. The van der Waals surface area contributed by atoms with E-state index in [1.54, 1.807) is 6.20 Å². The summed E-state index contributed by atoms with van der Waals surface area (Å²) in [5.41, 5.74) is 3.30. The molecule has 19 heavy (non-hydrogen) atoms. The minimum Gasteiger partial charge on any atom is -0.268 e. The maximum Gasteiger partial charge on any atom is 0.129 e. The zero-order valence-corrected chi connectivity index (χ0v) is 11.0. The van der Waals surface area contributed by atoms with E-state index >= 15 is 0 Å². The first-order valence-electron chi connectivity index (χ1n) is 5.99. The Kier molecular flexibility index (Phi) is 3.29. The van der Waals surface area contributed by atoms with Crippen LogP contribution in [0.3, 0.4) is 0 Å². The van der Waals surface area contributed by atoms with Crippen LogP contribution in [0.1, 0.15) is 5.56 Å². The number of benzene rings is 1. The predicted octanol–water partition coefficient (Wildman–Crippen LogP) is 3.65. The van der Waals surface area contributed by atoms with Crippen LogP contribution in [-0.2, 0) is 6.54 Å². The average Bonchev–Trinajstić information content (AvgIpc) is 2.88. The van der Waals surface area contributed by atoms with Gasteiger partial charge in [0.1, 0.15) is 5.15 Å². The van der Waals surface area contributed by atoms with Crippen LogP contribution in [0.25, 0.3) is 11.1 Å². The molecule has 0 fully saturated rings. The van der Waals surface area contributed by atoms with Crippen molar-refractivity contribution in [1.29, 1.82) is 0 Å². The van der Waals surface area contributed by atoms with Crippen LogP contribution in [0, 0.1) is 0 Å². The van der Waals surface area contributed by atoms with Gasteiger partial charge >= 0.3 is 0 Å². The van der Waals surface area contributed by atoms with Gasteiger partial charge < -0.3 is 0 Å². The lowest BCUT2D eigenvalue weighted by molar-refractivity contribution is 0.687. The molecule has 3 rings (SSSR count). The minimum absolute atomic E-state index is 0.494. The molecule has 0 N–H and O–H groups in total. The Morgan fingerprint density at radius 1 is 1.05 bits per heavy atom. The normalized spacial score (nSPS) is 10.6. The molecule has 0 atom stereocenters. The summed E-state index contributed by atoms with van der Waals surface area (Å²) in [6, 6.07) is 14.0. The van der Waals surface area contributed by atoms with Gasteiger partial charge in [-0.1, -0.05) is 41.9 Å². The fraction of sp³-hybridized carbons (Fsp3) is 0.0667. The Balaban J connectivity index is 1.84. The molecule has 0 aliphatic rings. The second-order valence-electron chi connectivity index (χ2n) is 4.28. The first-order valence-corrected chi connectivity index (χ1v) is 6.37. The van der Waals surface area contributed by atoms with Crippen LogP contribution in [0.4, 0.5) is 0 Å². The van der Waals surface area contributed by atoms with Crippen LogP contribution in [0.2, 0.25) is 5.15 Å². The van der Waals surface area contributed by atoms with E-state index in [4.69, 9.17) is 11.6 Å². The quantitative estimate of drug-likeness (QED) is 0.680. The molecule has 3 aromatic rings. The van der Waals surface area contributed by atoms with Crippen molar-refractivity contribution >= 4 is 11.6 Å². The number of hydrogen-bond donors (Lipinski definition) is 0. The minimum atomic E-state index is 0.494. The first-order chi connectivity index (χ1) is 9.31. The Morgan fingerprint density at radius 3 is 2.68 bits per heavy atom. The fourth-order valence-corrected chi connectivity index (χ4v) is 2.13. The van der Waals surface area contributed by atoms with Crippen LogP contribution in [0.15, 0.2) is 61.1 Å². The molecule has 0 aliphatic heterocycles. The van der Waals surface area contributed by atoms with E-state index in [-0.39, 0.29) is 0 Å². The Bertz CT molecular complexity index is 677. The second-order valence-corrected chi connectivity index (χ2v) is 4.67. The molecule has 4 heteroatoms. The Hall–Kier alpha value is -2.13. The smallest absolute Gasteiger partial charge is 0.129 e. The first kappa shape index (κ1) is 11.9. The van der Waals surface area contributed by atoms with E-state index in [0.29, 0.717) is 5.15 Å². The molecule has 0 radical (unpaired) electrons. The molecular weight excluding hydrogens is 258 g/mol. The lowest BCUT2D eigenvalue weighted by atomic mass is 10.1. The van der Waals surface area contributed by atoms with Gasteiger partial charge in [-0.25, -0.2) is 4.98 Å². The summed E-state index contributed by atoms with van der Waals surface area (Å²) in [7, 11) is 0. The van der Waals surface area contributed by atoms with Crippen molar-refractivity contribution in [3.05, 3.63) is 71.8 Å². The lowest BCUT2D eigenvalue weighted by Gasteiger charge is -2.01. The number of aromatic nitrogens is 3. The van der Waals surface area contributed by atoms with E-state index in [9.17, 15) is 0 Å². The van der Waals surface area contributed by atoms with Crippen molar-refractivity contribution in [2.75, 3.05) is 0 Å². The third-order valence-corrected chi connectivity index (χ3v) is 3.09. The standard InChI is InChI=1S/C15H12ClN3/c16-15-8-13(6-7-17-15)14-9-18-19(11-14)10-12-4-2-1-3-5-12/h1-9,11H,10H2. The SMILES string of the molecule is Clc1cc(-c2cnn(Cc3ccccc3)c2)ccn1. The summed E-state index contributed by atoms with van der Waals surface area (Å²) in [5, 5.41) is 4.86. The summed E-state index contributed by atoms with van der Waals surface area (Å²) in [5.74, 6) is 0. The monoisotopic (exact) mass is 269 g/mol. The zero-order chi connectivity index (χ0) is 13.1. The number of halogens is 1. The molecule has 2 aromatic heterocycles. The van der Waals surface area contributed by atoms with Gasteiger partial charge in [-0.15, -0.1) is 0 Å². The molecule has 3 nitrogen and oxygen atoms in total. The van der Waals surface area contributed by atoms with Gasteiger partial charge in [-0.05, 0) is 23.3 Å². The summed E-state index contributed by atoms with van der Waals surface area (Å²) in [4.78, 5) is 3.98. The number of rotatable bonds is 3. The summed E-state index contributed by atoms with van der Waals surface area (Å²) >= 11 is 5.89. The molecule has 0 saturated heterocycles. The molecule has 0 spiro atoms. The predicted molar refractivity (Wildman–Crippen MR) is 76.0 cm³/mol. The van der Waals surface area contributed by atoms with Gasteiger partial charge in [0.25, 0.3) is 0 Å². The topological polar surface area (TPSA) is 30.7 Å². The van der Waals surface area contributed by atoms with Crippen LogP contribution < -0.4 is 0 Å². The van der Waals surface area contributed by atoms with E-state index in [1.807, 2.05) is 47.4 Å². The van der Waals surface area contributed by atoms with Crippen molar-refractivity contribution in [2.24, 2.45) is 0 Å². The van der Waals surface area contributed by atoms with Crippen LogP contribution >= 0.6 is 11.6 Å². The van der Waals surface area contributed by atoms with E-state index in [2.05, 4.69) is 22.2 Å². The maximum absolute atomic E-state index is 5.89. The molecule has 1 aromatic carbocycles. The van der Waals surface area contributed by atoms with E-state index in [1.165, 1.54) is 5.56 Å². The molecular formula is C15H12ClN3. The van der Waals surface area contributed by atoms with E-state index < -0.39 is 0 Å². The number of pyridine rings is 1. The second kappa shape index (κ2) is 5.24. The van der Waals surface area contributed by atoms with E-state index in [0.717, 1.165) is 17.7 Å². The van der Waals surface area contributed by atoms with Crippen molar-refractivity contribution < 1.29 is 0 Å². The lowest BCUT2D eigenvalue weighted by Crippen LogP contribution is -1.99. The summed E-state index contributed by atoms with van der Waals surface area (Å²) in [6.07, 6.45) is 5.56. The highest BCUT2D eigenvalue weighted by atomic mass is 35.5. The number of hydrogen-bond acceptors (Lipinski definition) is 2. The third-order valence-electron chi connectivity index (χ3n) is 2.88. The molecule has 94 valence electrons. The number of nitrogens with zero attached hydrogens (tertiary/aromatic N) is 3. The molecule has 0 unspecified atom stereocenters. The molecule has 0 saturated carbocycles. The van der Waals surface area contributed by atoms with Gasteiger partial charge in [0.15, 0.2) is 0 Å². The van der Waals surface area contributed by atoms with Crippen molar-refractivity contribution in [3.63, 3.8) is 0 Å². The van der Waals surface area contributed by atoms with Gasteiger partial charge in [0.2, 0.25) is 0 Å². The fourth-order valence-electron chi connectivity index (χ4n) is 1.95. The summed E-state index contributed by atoms with van der Waals surface area (Å²) < 4.78 is 1.92. The van der Waals surface area contributed by atoms with Gasteiger partial charge in [-0.3, -0.25) is 4.68 Å². The molecule has 0 amide bonds. The van der Waals surface area contributed by atoms with Crippen molar-refractivity contribution in [2.45, 2.75) is 6.54 Å². The van der Waals surface area contributed by atoms with Crippen LogP contribution in [-0.4, -0.2) is 14.8 Å². The Morgan fingerprint density at radius 2 is 1.89 bits per heavy atom. The highest BCUT2D eigenvalue weighted by molar-refractivity contribution is 6.29. The van der Waals surface area contributed by atoms with Crippen molar-refractivity contribution in [3.8, 4) is 11.1 Å². The zero-order valence-electron chi connectivity index (χ0n) is 10.2. The van der Waals surface area contributed by atoms with Gasteiger partial charge in [-0.2, -0.15) is 5.10 Å². The van der Waals surface area contributed by atoms with Crippen LogP contribution in [0.5, 0.6) is 0 Å². The van der Waals surface area contributed by atoms with Crippen molar-refractivity contribution in [1.82, 2.24) is 14.8 Å². The largest absolute Gasteiger partial charge is 0.268 e. The van der Waals surface area contributed by atoms with Gasteiger partial charge in [0, 0.05) is 18.0 Å². The molecule has 0 aliphatic carbocycles. The highest BCUT2D eigenvalue weighted by Gasteiger charge is 2.03. The average molecular weight is 270 g/mol.